The second kappa shape index (κ2) is 21.9. The summed E-state index contributed by atoms with van der Waals surface area (Å²) in [7, 11) is 0. The molecule has 5 heteroatoms. The number of hydrogen-bond donors (Lipinski definition) is 0. The Bertz CT molecular complexity index is 1260. The topological polar surface area (TPSA) is 52.6 Å². The summed E-state index contributed by atoms with van der Waals surface area (Å²) in [4.78, 5) is 24.8. The summed E-state index contributed by atoms with van der Waals surface area (Å²) < 4.78 is 24.4. The number of ether oxygens (including phenoxy) is 2. The van der Waals surface area contributed by atoms with E-state index in [4.69, 9.17) is 9.47 Å². The van der Waals surface area contributed by atoms with Crippen LogP contribution in [0, 0.1) is 5.82 Å². The summed E-state index contributed by atoms with van der Waals surface area (Å²) in [6.45, 7) is 2.95. The third kappa shape index (κ3) is 15.2. The first-order valence-corrected chi connectivity index (χ1v) is 17.1. The molecule has 3 rings (SSSR count). The molecule has 4 nitrogen and oxygen atoms in total. The number of carbonyl (C=O) groups excluding carboxylic acids is 2. The fourth-order valence-electron chi connectivity index (χ4n) is 5.22. The molecule has 242 valence electrons. The van der Waals surface area contributed by atoms with E-state index in [2.05, 4.69) is 6.92 Å². The summed E-state index contributed by atoms with van der Waals surface area (Å²) in [6.07, 6.45) is 24.6. The predicted octanol–water partition coefficient (Wildman–Crippen LogP) is 11.6. The lowest BCUT2D eigenvalue weighted by molar-refractivity contribution is 0.0734. The maximum Gasteiger partial charge on any atom is 0.343 e. The Labute approximate surface area is 270 Å². The highest BCUT2D eigenvalue weighted by Gasteiger charge is 2.09. The zero-order valence-corrected chi connectivity index (χ0v) is 27.1. The van der Waals surface area contributed by atoms with Gasteiger partial charge in [-0.1, -0.05) is 121 Å². The van der Waals surface area contributed by atoms with Crippen LogP contribution < -0.4 is 9.47 Å². The van der Waals surface area contributed by atoms with E-state index in [0.717, 1.165) is 17.7 Å². The van der Waals surface area contributed by atoms with Crippen molar-refractivity contribution in [2.75, 3.05) is 6.61 Å². The molecule has 0 saturated carbocycles. The molecule has 3 aromatic rings. The fraction of sp³-hybridized carbons (Fsp3) is 0.450. The molecular weight excluding hydrogens is 563 g/mol. The average molecular weight is 615 g/mol. The van der Waals surface area contributed by atoms with E-state index >= 15 is 0 Å². The number of hydrogen-bond acceptors (Lipinski definition) is 4. The first-order valence-electron chi connectivity index (χ1n) is 17.1. The van der Waals surface area contributed by atoms with Gasteiger partial charge >= 0.3 is 5.97 Å². The molecule has 0 bridgehead atoms. The molecule has 0 spiro atoms. The van der Waals surface area contributed by atoms with Crippen molar-refractivity contribution < 1.29 is 23.5 Å². The van der Waals surface area contributed by atoms with Crippen molar-refractivity contribution in [3.05, 3.63) is 101 Å². The molecule has 0 radical (unpaired) electrons. The highest BCUT2D eigenvalue weighted by Crippen LogP contribution is 2.19. The van der Waals surface area contributed by atoms with Crippen molar-refractivity contribution in [1.29, 1.82) is 0 Å². The van der Waals surface area contributed by atoms with E-state index in [-0.39, 0.29) is 11.6 Å². The molecule has 0 heterocycles. The van der Waals surface area contributed by atoms with Crippen LogP contribution in [0.2, 0.25) is 0 Å². The molecule has 0 aliphatic carbocycles. The lowest BCUT2D eigenvalue weighted by Crippen LogP contribution is -2.08. The van der Waals surface area contributed by atoms with Gasteiger partial charge in [0.15, 0.2) is 5.78 Å². The summed E-state index contributed by atoms with van der Waals surface area (Å²) in [5.41, 5.74) is 1.63. The van der Waals surface area contributed by atoms with E-state index < -0.39 is 5.97 Å². The van der Waals surface area contributed by atoms with Gasteiger partial charge in [0.25, 0.3) is 0 Å². The van der Waals surface area contributed by atoms with E-state index in [9.17, 15) is 14.0 Å². The smallest absolute Gasteiger partial charge is 0.343 e. The van der Waals surface area contributed by atoms with Crippen LogP contribution in [0.15, 0.2) is 78.9 Å². The Kier molecular flexibility index (Phi) is 17.4. The van der Waals surface area contributed by atoms with Crippen LogP contribution in [0.1, 0.15) is 136 Å². The molecule has 0 saturated heterocycles. The summed E-state index contributed by atoms with van der Waals surface area (Å²) in [5, 5.41) is 0. The van der Waals surface area contributed by atoms with Gasteiger partial charge in [-0.25, -0.2) is 9.18 Å². The Balaban J connectivity index is 1.22. The number of benzene rings is 3. The molecule has 0 fully saturated rings. The molecule has 45 heavy (non-hydrogen) atoms. The maximum atomic E-state index is 13.0. The largest absolute Gasteiger partial charge is 0.494 e. The summed E-state index contributed by atoms with van der Waals surface area (Å²) >= 11 is 0. The molecule has 0 atom stereocenters. The van der Waals surface area contributed by atoms with Crippen molar-refractivity contribution in [1.82, 2.24) is 0 Å². The van der Waals surface area contributed by atoms with E-state index in [1.165, 1.54) is 127 Å². The van der Waals surface area contributed by atoms with Crippen molar-refractivity contribution in [3.8, 4) is 11.5 Å². The highest BCUT2D eigenvalue weighted by molar-refractivity contribution is 6.06. The van der Waals surface area contributed by atoms with Crippen LogP contribution in [-0.4, -0.2) is 18.4 Å². The number of halogens is 1. The zero-order chi connectivity index (χ0) is 32.0. The average Bonchev–Trinajstić information content (AvgIpc) is 3.06. The lowest BCUT2D eigenvalue weighted by atomic mass is 10.0. The van der Waals surface area contributed by atoms with Crippen molar-refractivity contribution in [2.45, 2.75) is 110 Å². The minimum Gasteiger partial charge on any atom is -0.494 e. The van der Waals surface area contributed by atoms with Crippen molar-refractivity contribution >= 4 is 17.8 Å². The molecule has 0 aromatic heterocycles. The number of allylic oxidation sites excluding steroid dienone is 1. The van der Waals surface area contributed by atoms with Gasteiger partial charge in [0.1, 0.15) is 17.3 Å². The van der Waals surface area contributed by atoms with E-state index in [0.29, 0.717) is 23.5 Å². The van der Waals surface area contributed by atoms with Crippen molar-refractivity contribution in [2.24, 2.45) is 0 Å². The van der Waals surface area contributed by atoms with Crippen LogP contribution in [0.5, 0.6) is 11.5 Å². The quantitative estimate of drug-likeness (QED) is 0.0350. The van der Waals surface area contributed by atoms with E-state index in [1.54, 1.807) is 54.6 Å². The number of unbranched alkanes of at least 4 members (excludes halogenated alkanes) is 15. The molecule has 3 aromatic carbocycles. The number of esters is 1. The highest BCUT2D eigenvalue weighted by atomic mass is 19.1. The zero-order valence-electron chi connectivity index (χ0n) is 27.1. The third-order valence-corrected chi connectivity index (χ3v) is 8.00. The Morgan fingerprint density at radius 2 is 1.04 bits per heavy atom. The van der Waals surface area contributed by atoms with Crippen LogP contribution in [0.3, 0.4) is 0 Å². The fourth-order valence-corrected chi connectivity index (χ4v) is 5.22. The third-order valence-electron chi connectivity index (χ3n) is 8.00. The number of carbonyl (C=O) groups is 2. The van der Waals surface area contributed by atoms with Gasteiger partial charge in [-0.2, -0.15) is 0 Å². The summed E-state index contributed by atoms with van der Waals surface area (Å²) in [5.74, 6) is 0.104. The molecular formula is C40H51FO4. The normalized spacial score (nSPS) is 11.2. The van der Waals surface area contributed by atoms with Crippen LogP contribution in [0.4, 0.5) is 4.39 Å². The van der Waals surface area contributed by atoms with Gasteiger partial charge in [-0.15, -0.1) is 0 Å². The van der Waals surface area contributed by atoms with Gasteiger partial charge in [-0.05, 0) is 78.7 Å². The SMILES string of the molecule is CCCCCCCCCCCCCCCCCCOc1ccc(C(=O)Oc2ccc(/C=C/C(=O)c3ccc(F)cc3)cc2)cc1. The Morgan fingerprint density at radius 3 is 1.58 bits per heavy atom. The number of ketones is 1. The second-order valence-electron chi connectivity index (χ2n) is 11.8. The first-order chi connectivity index (χ1) is 22.0. The predicted molar refractivity (Wildman–Crippen MR) is 183 cm³/mol. The number of rotatable bonds is 23. The van der Waals surface area contributed by atoms with Crippen LogP contribution in [-0.2, 0) is 0 Å². The monoisotopic (exact) mass is 614 g/mol. The Hall–Kier alpha value is -3.73. The minimum atomic E-state index is -0.450. The minimum absolute atomic E-state index is 0.219. The van der Waals surface area contributed by atoms with Gasteiger partial charge in [0.2, 0.25) is 0 Å². The van der Waals surface area contributed by atoms with Gasteiger partial charge in [-0.3, -0.25) is 4.79 Å². The van der Waals surface area contributed by atoms with Crippen LogP contribution in [0.25, 0.3) is 6.08 Å². The molecule has 0 N–H and O–H groups in total. The van der Waals surface area contributed by atoms with Crippen molar-refractivity contribution in [3.63, 3.8) is 0 Å². The van der Waals surface area contributed by atoms with Gasteiger partial charge in [0, 0.05) is 5.56 Å². The van der Waals surface area contributed by atoms with Gasteiger partial charge < -0.3 is 9.47 Å². The summed E-state index contributed by atoms with van der Waals surface area (Å²) in [6, 6.07) is 19.3. The van der Waals surface area contributed by atoms with Crippen LogP contribution >= 0.6 is 0 Å². The maximum absolute atomic E-state index is 13.0. The lowest BCUT2D eigenvalue weighted by Gasteiger charge is -2.08. The second-order valence-corrected chi connectivity index (χ2v) is 11.8. The van der Waals surface area contributed by atoms with Gasteiger partial charge in [0.05, 0.1) is 12.2 Å². The molecule has 0 aliphatic rings. The molecule has 0 aliphatic heterocycles. The molecule has 0 amide bonds. The molecule has 0 unspecified atom stereocenters. The first kappa shape index (κ1) is 35.7. The Morgan fingerprint density at radius 1 is 0.578 bits per heavy atom. The standard InChI is InChI=1S/C40H51FO4/c1-2-3-4-5-6-7-8-9-10-11-12-13-14-15-16-17-32-44-37-29-23-35(24-30-37)40(43)45-38-27-18-33(19-28-38)20-31-39(42)34-21-25-36(41)26-22-34/h18-31H,2-17,32H2,1H3/b31-20+. The van der Waals surface area contributed by atoms with E-state index in [1.807, 2.05) is 0 Å².